The molecule has 0 aliphatic carbocycles. The fourth-order valence-electron chi connectivity index (χ4n) is 0.711. The Morgan fingerprint density at radius 1 is 1.38 bits per heavy atom. The number of halogens is 3. The van der Waals surface area contributed by atoms with Gasteiger partial charge in [-0.1, -0.05) is 0 Å². The number of methoxy groups -OCH3 is 1. The SMILES string of the molecule is COC(=O)C(C)NC(=O)C(C)(N)C(F)(F)F. The quantitative estimate of drug-likeness (QED) is 0.679. The lowest BCUT2D eigenvalue weighted by Crippen LogP contribution is -2.63. The number of nitrogens with two attached hydrogens (primary N) is 1. The first-order valence-electron chi connectivity index (χ1n) is 4.28. The molecule has 0 aliphatic heterocycles. The number of carbonyl (C=O) groups excluding carboxylic acids is 2. The molecule has 0 saturated heterocycles. The second kappa shape index (κ2) is 4.69. The number of esters is 1. The lowest BCUT2D eigenvalue weighted by molar-refractivity contribution is -0.188. The van der Waals surface area contributed by atoms with E-state index < -0.39 is 29.6 Å². The minimum atomic E-state index is -4.90. The molecule has 0 heterocycles. The van der Waals surface area contributed by atoms with Gasteiger partial charge in [-0.2, -0.15) is 13.2 Å². The highest BCUT2D eigenvalue weighted by atomic mass is 19.4. The Morgan fingerprint density at radius 2 is 1.81 bits per heavy atom. The number of rotatable bonds is 3. The van der Waals surface area contributed by atoms with Gasteiger partial charge in [-0.25, -0.2) is 4.79 Å². The van der Waals surface area contributed by atoms with Crippen LogP contribution < -0.4 is 11.1 Å². The summed E-state index contributed by atoms with van der Waals surface area (Å²) in [4.78, 5) is 22.0. The highest BCUT2D eigenvalue weighted by molar-refractivity contribution is 5.90. The lowest BCUT2D eigenvalue weighted by atomic mass is 10.0. The molecule has 0 aliphatic rings. The van der Waals surface area contributed by atoms with Gasteiger partial charge in [0.1, 0.15) is 6.04 Å². The predicted molar refractivity (Wildman–Crippen MR) is 48.3 cm³/mol. The van der Waals surface area contributed by atoms with Crippen molar-refractivity contribution < 1.29 is 27.5 Å². The Balaban J connectivity index is 4.66. The summed E-state index contributed by atoms with van der Waals surface area (Å²) in [6, 6.07) is -1.19. The molecule has 0 rings (SSSR count). The van der Waals surface area contributed by atoms with Gasteiger partial charge in [-0.3, -0.25) is 4.79 Å². The molecule has 0 bridgehead atoms. The van der Waals surface area contributed by atoms with Crippen molar-refractivity contribution in [2.75, 3.05) is 7.11 Å². The van der Waals surface area contributed by atoms with E-state index in [0.717, 1.165) is 7.11 Å². The molecule has 0 fully saturated rings. The smallest absolute Gasteiger partial charge is 0.415 e. The van der Waals surface area contributed by atoms with Crippen molar-refractivity contribution in [3.8, 4) is 0 Å². The third-order valence-electron chi connectivity index (χ3n) is 1.96. The Morgan fingerprint density at radius 3 is 2.12 bits per heavy atom. The minimum Gasteiger partial charge on any atom is -0.467 e. The number of alkyl halides is 3. The van der Waals surface area contributed by atoms with Gasteiger partial charge in [0.2, 0.25) is 5.91 Å². The van der Waals surface area contributed by atoms with Gasteiger partial charge in [0.25, 0.3) is 0 Å². The first-order valence-corrected chi connectivity index (χ1v) is 4.28. The molecule has 3 N–H and O–H groups in total. The Hall–Kier alpha value is -1.31. The molecule has 5 nitrogen and oxygen atoms in total. The summed E-state index contributed by atoms with van der Waals surface area (Å²) in [6.07, 6.45) is -4.90. The molecule has 94 valence electrons. The van der Waals surface area contributed by atoms with Crippen LogP contribution in [0.15, 0.2) is 0 Å². The molecule has 8 heteroatoms. The number of hydrogen-bond acceptors (Lipinski definition) is 4. The van der Waals surface area contributed by atoms with E-state index in [0.29, 0.717) is 6.92 Å². The standard InChI is InChI=1S/C8H13F3N2O3/c1-4(5(14)16-3)13-6(15)7(2,12)8(9,10)11/h4H,12H2,1-3H3,(H,13,15). The van der Waals surface area contributed by atoms with Crippen LogP contribution in [0.25, 0.3) is 0 Å². The van der Waals surface area contributed by atoms with Crippen LogP contribution in [0, 0.1) is 0 Å². The Labute approximate surface area is 90.1 Å². The topological polar surface area (TPSA) is 81.4 Å². The molecule has 1 amide bonds. The molecule has 0 aromatic carbocycles. The first-order chi connectivity index (χ1) is 7.04. The van der Waals surface area contributed by atoms with Crippen molar-refractivity contribution in [2.45, 2.75) is 31.6 Å². The van der Waals surface area contributed by atoms with Gasteiger partial charge in [0, 0.05) is 0 Å². The Bertz CT molecular complexity index is 289. The normalized spacial score (nSPS) is 17.2. The molecule has 2 atom stereocenters. The maximum atomic E-state index is 12.3. The van der Waals surface area contributed by atoms with E-state index in [9.17, 15) is 22.8 Å². The predicted octanol–water partition coefficient (Wildman–Crippen LogP) is -0.0562. The highest BCUT2D eigenvalue weighted by Crippen LogP contribution is 2.27. The average Bonchev–Trinajstić information content (AvgIpc) is 2.14. The summed E-state index contributed by atoms with van der Waals surface area (Å²) in [5, 5.41) is 1.82. The van der Waals surface area contributed by atoms with Gasteiger partial charge in [0.15, 0.2) is 5.54 Å². The van der Waals surface area contributed by atoms with Crippen LogP contribution in [0.2, 0.25) is 0 Å². The van der Waals surface area contributed by atoms with Gasteiger partial charge in [0.05, 0.1) is 7.11 Å². The molecule has 0 aromatic heterocycles. The van der Waals surface area contributed by atoms with E-state index in [1.54, 1.807) is 0 Å². The molecule has 0 saturated carbocycles. The highest BCUT2D eigenvalue weighted by Gasteiger charge is 2.54. The van der Waals surface area contributed by atoms with E-state index in [1.807, 2.05) is 5.32 Å². The zero-order valence-corrected chi connectivity index (χ0v) is 9.01. The summed E-state index contributed by atoms with van der Waals surface area (Å²) < 4.78 is 41.2. The molecular formula is C8H13F3N2O3. The van der Waals surface area contributed by atoms with Crippen molar-refractivity contribution in [3.05, 3.63) is 0 Å². The van der Waals surface area contributed by atoms with E-state index in [2.05, 4.69) is 4.74 Å². The monoisotopic (exact) mass is 242 g/mol. The largest absolute Gasteiger partial charge is 0.467 e. The van der Waals surface area contributed by atoms with Crippen molar-refractivity contribution in [3.63, 3.8) is 0 Å². The maximum absolute atomic E-state index is 12.3. The lowest BCUT2D eigenvalue weighted by Gasteiger charge is -2.27. The zero-order chi connectivity index (χ0) is 13.1. The van der Waals surface area contributed by atoms with E-state index in [-0.39, 0.29) is 0 Å². The number of ether oxygens (including phenoxy) is 1. The molecule has 0 radical (unpaired) electrons. The number of amides is 1. The number of nitrogens with one attached hydrogen (secondary N) is 1. The van der Waals surface area contributed by atoms with Gasteiger partial charge < -0.3 is 15.8 Å². The second-order valence-corrected chi connectivity index (χ2v) is 3.42. The third kappa shape index (κ3) is 3.09. The van der Waals surface area contributed by atoms with Crippen LogP contribution in [-0.2, 0) is 14.3 Å². The number of carbonyl (C=O) groups is 2. The third-order valence-corrected chi connectivity index (χ3v) is 1.96. The van der Waals surface area contributed by atoms with Crippen molar-refractivity contribution in [1.29, 1.82) is 0 Å². The summed E-state index contributed by atoms with van der Waals surface area (Å²) in [7, 11) is 1.05. The molecule has 16 heavy (non-hydrogen) atoms. The fourth-order valence-corrected chi connectivity index (χ4v) is 0.711. The van der Waals surface area contributed by atoms with Crippen LogP contribution in [0.3, 0.4) is 0 Å². The summed E-state index contributed by atoms with van der Waals surface area (Å²) in [5.74, 6) is -2.34. The van der Waals surface area contributed by atoms with E-state index in [1.165, 1.54) is 6.92 Å². The molecule has 0 aromatic rings. The summed E-state index contributed by atoms with van der Waals surface area (Å²) in [5.41, 5.74) is 1.79. The van der Waals surface area contributed by atoms with Crippen LogP contribution in [-0.4, -0.2) is 36.7 Å². The summed E-state index contributed by atoms with van der Waals surface area (Å²) >= 11 is 0. The molecule has 0 spiro atoms. The van der Waals surface area contributed by atoms with Crippen LogP contribution >= 0.6 is 0 Å². The average molecular weight is 242 g/mol. The van der Waals surface area contributed by atoms with E-state index >= 15 is 0 Å². The maximum Gasteiger partial charge on any atom is 0.415 e. The molecule has 2 unspecified atom stereocenters. The van der Waals surface area contributed by atoms with Crippen molar-refractivity contribution in [2.24, 2.45) is 5.73 Å². The van der Waals surface area contributed by atoms with E-state index in [4.69, 9.17) is 5.73 Å². The Kier molecular flexibility index (Phi) is 4.30. The minimum absolute atomic E-state index is 0.520. The molecular weight excluding hydrogens is 229 g/mol. The zero-order valence-electron chi connectivity index (χ0n) is 9.01. The van der Waals surface area contributed by atoms with Gasteiger partial charge >= 0.3 is 12.1 Å². The van der Waals surface area contributed by atoms with Gasteiger partial charge in [-0.05, 0) is 13.8 Å². The summed E-state index contributed by atoms with van der Waals surface area (Å²) in [6.45, 7) is 1.71. The first kappa shape index (κ1) is 14.7. The number of hydrogen-bond donors (Lipinski definition) is 2. The van der Waals surface area contributed by atoms with Crippen LogP contribution in [0.5, 0.6) is 0 Å². The van der Waals surface area contributed by atoms with Crippen LogP contribution in [0.1, 0.15) is 13.8 Å². The fraction of sp³-hybridized carbons (Fsp3) is 0.750. The van der Waals surface area contributed by atoms with Crippen molar-refractivity contribution >= 4 is 11.9 Å². The van der Waals surface area contributed by atoms with Gasteiger partial charge in [-0.15, -0.1) is 0 Å². The van der Waals surface area contributed by atoms with Crippen LogP contribution in [0.4, 0.5) is 13.2 Å². The second-order valence-electron chi connectivity index (χ2n) is 3.42. The van der Waals surface area contributed by atoms with Crippen molar-refractivity contribution in [1.82, 2.24) is 5.32 Å².